The second-order valence-corrected chi connectivity index (χ2v) is 13.1. The van der Waals surface area contributed by atoms with E-state index in [0.717, 1.165) is 32.1 Å². The summed E-state index contributed by atoms with van der Waals surface area (Å²) in [6, 6.07) is 0. The average Bonchev–Trinajstić information content (AvgIpc) is 3.05. The predicted octanol–water partition coefficient (Wildman–Crippen LogP) is 4.82. The Morgan fingerprint density at radius 3 is 2.00 bits per heavy atom. The standard InChI is InChI=1S/C36H56O12S/c1-3-5-7-9-11-13-14-15-16-17-19-21-23-25-32(38)47-29(26-45-31(37)24-22-20-18-12-10-8-6-4-2)27-46-36-35(41)34(40)33(39)30(48-36)28-49(42,43)44/h5,7,9,11,13-20,29-30,33-36,39-41H,3-4,6,8,10,12,21-28H2,1-2H3,(H,42,43,44)/b7-5+,11-9+,14-13+,16-15+,19-17+,20-18+/t29?,30-,33-,34?,35?,36+/m1/s1. The van der Waals surface area contributed by atoms with Gasteiger partial charge in [0.2, 0.25) is 0 Å². The van der Waals surface area contributed by atoms with Gasteiger partial charge < -0.3 is 34.3 Å². The van der Waals surface area contributed by atoms with Crippen LogP contribution < -0.4 is 0 Å². The van der Waals surface area contributed by atoms with Crippen LogP contribution in [0.3, 0.4) is 0 Å². The molecule has 1 aliphatic heterocycles. The Kier molecular flexibility index (Phi) is 24.2. The molecular weight excluding hydrogens is 656 g/mol. The number of hydrogen-bond donors (Lipinski definition) is 4. The van der Waals surface area contributed by atoms with Crippen LogP contribution in [0.2, 0.25) is 0 Å². The molecule has 1 aliphatic rings. The Morgan fingerprint density at radius 1 is 0.714 bits per heavy atom. The van der Waals surface area contributed by atoms with E-state index in [1.807, 2.05) is 66.8 Å². The maximum atomic E-state index is 12.6. The molecule has 13 heteroatoms. The Bertz CT molecular complexity index is 1200. The van der Waals surface area contributed by atoms with Crippen molar-refractivity contribution in [3.8, 4) is 0 Å². The largest absolute Gasteiger partial charge is 0.462 e. The van der Waals surface area contributed by atoms with Crippen LogP contribution in [0.25, 0.3) is 0 Å². The number of rotatable bonds is 25. The maximum Gasteiger partial charge on any atom is 0.306 e. The summed E-state index contributed by atoms with van der Waals surface area (Å²) in [6.45, 7) is 3.40. The lowest BCUT2D eigenvalue weighted by atomic mass is 10.00. The van der Waals surface area contributed by atoms with E-state index in [-0.39, 0.29) is 19.4 Å². The highest BCUT2D eigenvalue weighted by Crippen LogP contribution is 2.23. The summed E-state index contributed by atoms with van der Waals surface area (Å²) in [5.74, 6) is -2.16. The predicted molar refractivity (Wildman–Crippen MR) is 187 cm³/mol. The van der Waals surface area contributed by atoms with E-state index in [2.05, 4.69) is 19.9 Å². The van der Waals surface area contributed by atoms with Gasteiger partial charge in [-0.15, -0.1) is 0 Å². The number of carbonyl (C=O) groups excluding carboxylic acids is 2. The van der Waals surface area contributed by atoms with Gasteiger partial charge in [0.1, 0.15) is 36.8 Å². The van der Waals surface area contributed by atoms with Crippen molar-refractivity contribution >= 4 is 22.1 Å². The monoisotopic (exact) mass is 712 g/mol. The van der Waals surface area contributed by atoms with Crippen molar-refractivity contribution in [3.63, 3.8) is 0 Å². The van der Waals surface area contributed by atoms with Crippen molar-refractivity contribution in [1.29, 1.82) is 0 Å². The fourth-order valence-corrected chi connectivity index (χ4v) is 5.18. The van der Waals surface area contributed by atoms with Crippen LogP contribution in [0.15, 0.2) is 72.9 Å². The summed E-state index contributed by atoms with van der Waals surface area (Å²) in [5.41, 5.74) is 0. The molecule has 1 rings (SSSR count). The third kappa shape index (κ3) is 22.4. The SMILES string of the molecule is CC/C=C/C=C/C=C/C=C/C=C/CCCC(=O)OC(COC(=O)CC/C=C/CCCCCC)CO[C@H]1O[C@H](CS(=O)(=O)O)[C@@H](O)C(O)C1O. The van der Waals surface area contributed by atoms with Gasteiger partial charge in [0.15, 0.2) is 12.4 Å². The molecule has 0 amide bonds. The van der Waals surface area contributed by atoms with Crippen molar-refractivity contribution in [2.45, 2.75) is 121 Å². The Morgan fingerprint density at radius 2 is 1.35 bits per heavy atom. The number of carbonyl (C=O) groups is 2. The molecule has 1 saturated heterocycles. The van der Waals surface area contributed by atoms with Crippen LogP contribution in [0.4, 0.5) is 0 Å². The number of aliphatic hydroxyl groups is 3. The first-order valence-electron chi connectivity index (χ1n) is 17.1. The molecule has 49 heavy (non-hydrogen) atoms. The molecule has 0 aliphatic carbocycles. The summed E-state index contributed by atoms with van der Waals surface area (Å²) >= 11 is 0. The molecule has 0 spiro atoms. The lowest BCUT2D eigenvalue weighted by molar-refractivity contribution is -0.297. The minimum atomic E-state index is -4.61. The number of hydrogen-bond acceptors (Lipinski definition) is 11. The first kappa shape index (κ1) is 44.1. The van der Waals surface area contributed by atoms with E-state index < -0.39 is 71.2 Å². The molecule has 0 bridgehead atoms. The lowest BCUT2D eigenvalue weighted by Crippen LogP contribution is -2.60. The molecule has 6 atom stereocenters. The zero-order valence-corrected chi connectivity index (χ0v) is 29.6. The van der Waals surface area contributed by atoms with Crippen molar-refractivity contribution in [2.24, 2.45) is 0 Å². The van der Waals surface area contributed by atoms with Gasteiger partial charge in [-0.05, 0) is 38.5 Å². The first-order valence-corrected chi connectivity index (χ1v) is 18.7. The zero-order chi connectivity index (χ0) is 36.3. The summed E-state index contributed by atoms with van der Waals surface area (Å²) < 4.78 is 53.4. The number of aliphatic hydroxyl groups excluding tert-OH is 3. The van der Waals surface area contributed by atoms with E-state index in [0.29, 0.717) is 19.3 Å². The average molecular weight is 713 g/mol. The molecule has 0 aromatic carbocycles. The highest BCUT2D eigenvalue weighted by molar-refractivity contribution is 7.85. The van der Waals surface area contributed by atoms with Gasteiger partial charge in [0.05, 0.1) is 6.61 Å². The Labute approximate surface area is 291 Å². The van der Waals surface area contributed by atoms with Crippen LogP contribution in [0.5, 0.6) is 0 Å². The number of ether oxygens (including phenoxy) is 4. The summed E-state index contributed by atoms with van der Waals surface area (Å²) in [4.78, 5) is 25.0. The highest BCUT2D eigenvalue weighted by atomic mass is 32.2. The van der Waals surface area contributed by atoms with E-state index >= 15 is 0 Å². The third-order valence-electron chi connectivity index (χ3n) is 7.16. The first-order chi connectivity index (χ1) is 23.5. The normalized spacial score (nSPS) is 22.8. The van der Waals surface area contributed by atoms with Crippen LogP contribution in [-0.2, 0) is 38.7 Å². The molecule has 278 valence electrons. The molecule has 0 aromatic heterocycles. The van der Waals surface area contributed by atoms with Crippen molar-refractivity contribution < 1.29 is 56.8 Å². The molecule has 0 radical (unpaired) electrons. The van der Waals surface area contributed by atoms with Crippen molar-refractivity contribution in [3.05, 3.63) is 72.9 Å². The maximum absolute atomic E-state index is 12.6. The molecule has 4 N–H and O–H groups in total. The molecule has 3 unspecified atom stereocenters. The molecule has 0 saturated carbocycles. The van der Waals surface area contributed by atoms with Crippen LogP contribution in [0, 0.1) is 0 Å². The molecular formula is C36H56O12S. The highest BCUT2D eigenvalue weighted by Gasteiger charge is 2.46. The van der Waals surface area contributed by atoms with Gasteiger partial charge in [-0.3, -0.25) is 14.1 Å². The number of esters is 2. The van der Waals surface area contributed by atoms with Crippen LogP contribution >= 0.6 is 0 Å². The molecule has 12 nitrogen and oxygen atoms in total. The van der Waals surface area contributed by atoms with Gasteiger partial charge in [-0.1, -0.05) is 106 Å². The smallest absolute Gasteiger partial charge is 0.306 e. The second-order valence-electron chi connectivity index (χ2n) is 11.6. The second kappa shape index (κ2) is 26.9. The Hall–Kier alpha value is -2.91. The van der Waals surface area contributed by atoms with Crippen LogP contribution in [-0.4, -0.2) is 96.0 Å². The van der Waals surface area contributed by atoms with E-state index in [4.69, 9.17) is 23.5 Å². The minimum Gasteiger partial charge on any atom is -0.462 e. The van der Waals surface area contributed by atoms with Gasteiger partial charge in [0.25, 0.3) is 10.1 Å². The Balaban J connectivity index is 2.68. The summed E-state index contributed by atoms with van der Waals surface area (Å²) in [6.07, 6.45) is 21.6. The fourth-order valence-electron chi connectivity index (χ4n) is 4.49. The number of unbranched alkanes of at least 4 members (excludes halogenated alkanes) is 5. The van der Waals surface area contributed by atoms with E-state index in [9.17, 15) is 33.3 Å². The zero-order valence-electron chi connectivity index (χ0n) is 28.8. The van der Waals surface area contributed by atoms with Gasteiger partial charge >= 0.3 is 11.9 Å². The molecule has 1 fully saturated rings. The quantitative estimate of drug-likeness (QED) is 0.0333. The van der Waals surface area contributed by atoms with E-state index in [1.165, 1.54) is 6.42 Å². The van der Waals surface area contributed by atoms with E-state index in [1.54, 1.807) is 0 Å². The van der Waals surface area contributed by atoms with Gasteiger partial charge in [-0.2, -0.15) is 8.42 Å². The van der Waals surface area contributed by atoms with Gasteiger partial charge in [-0.25, -0.2) is 0 Å². The fraction of sp³-hybridized carbons (Fsp3) is 0.611. The third-order valence-corrected chi connectivity index (χ3v) is 7.91. The minimum absolute atomic E-state index is 0.0570. The summed E-state index contributed by atoms with van der Waals surface area (Å²) in [5, 5.41) is 30.6. The molecule has 0 aromatic rings. The van der Waals surface area contributed by atoms with Crippen molar-refractivity contribution in [2.75, 3.05) is 19.0 Å². The lowest BCUT2D eigenvalue weighted by Gasteiger charge is -2.40. The number of allylic oxidation sites excluding steroid dienone is 12. The van der Waals surface area contributed by atoms with Gasteiger partial charge in [0, 0.05) is 12.8 Å². The summed E-state index contributed by atoms with van der Waals surface area (Å²) in [7, 11) is -4.61. The topological polar surface area (TPSA) is 186 Å². The van der Waals surface area contributed by atoms with Crippen molar-refractivity contribution in [1.82, 2.24) is 0 Å². The molecule has 1 heterocycles. The van der Waals surface area contributed by atoms with Crippen LogP contribution in [0.1, 0.15) is 84.5 Å².